The fourth-order valence-electron chi connectivity index (χ4n) is 4.19. The van der Waals surface area contributed by atoms with E-state index in [1.54, 1.807) is 33.7 Å². The van der Waals surface area contributed by atoms with Gasteiger partial charge in [-0.15, -0.1) is 11.3 Å². The van der Waals surface area contributed by atoms with Gasteiger partial charge in [-0.1, -0.05) is 37.3 Å². The third-order valence-corrected chi connectivity index (χ3v) is 6.86. The minimum Gasteiger partial charge on any atom is -0.330 e. The summed E-state index contributed by atoms with van der Waals surface area (Å²) in [6.45, 7) is 3.21. The summed E-state index contributed by atoms with van der Waals surface area (Å²) in [4.78, 5) is 33.9. The third kappa shape index (κ3) is 5.16. The third-order valence-electron chi connectivity index (χ3n) is 5.96. The molecule has 2 aromatic heterocycles. The van der Waals surface area contributed by atoms with Crippen LogP contribution in [0.2, 0.25) is 0 Å². The number of nitrogens with zero attached hydrogens (tertiary/aromatic N) is 4. The predicted octanol–water partition coefficient (Wildman–Crippen LogP) is 4.32. The lowest BCUT2D eigenvalue weighted by Gasteiger charge is -2.32. The van der Waals surface area contributed by atoms with Crippen molar-refractivity contribution in [1.29, 1.82) is 5.26 Å². The number of fused-ring (bicyclic) bond motifs is 1. The van der Waals surface area contributed by atoms with Gasteiger partial charge in [-0.3, -0.25) is 14.2 Å². The van der Waals surface area contributed by atoms with Crippen molar-refractivity contribution in [2.45, 2.75) is 32.4 Å². The molecule has 0 aliphatic rings. The van der Waals surface area contributed by atoms with Gasteiger partial charge in [0.25, 0.3) is 11.5 Å². The van der Waals surface area contributed by atoms with Crippen LogP contribution in [0, 0.1) is 11.3 Å². The highest BCUT2D eigenvalue weighted by Crippen LogP contribution is 2.27. The molecule has 4 aromatic rings. The van der Waals surface area contributed by atoms with Crippen LogP contribution in [0.3, 0.4) is 0 Å². The number of hydrogen-bond acceptors (Lipinski definition) is 6. The highest BCUT2D eigenvalue weighted by molar-refractivity contribution is 7.17. The highest BCUT2D eigenvalue weighted by atomic mass is 32.1. The summed E-state index contributed by atoms with van der Waals surface area (Å²) in [6.07, 6.45) is 1.19. The van der Waals surface area contributed by atoms with E-state index in [-0.39, 0.29) is 11.5 Å². The molecular weight excluding hydrogens is 458 g/mol. The van der Waals surface area contributed by atoms with Gasteiger partial charge in [-0.25, -0.2) is 4.98 Å². The smallest absolute Gasteiger partial charge is 0.271 e. The van der Waals surface area contributed by atoms with Crippen LogP contribution in [-0.2, 0) is 6.54 Å². The van der Waals surface area contributed by atoms with Crippen molar-refractivity contribution in [1.82, 2.24) is 14.5 Å². The summed E-state index contributed by atoms with van der Waals surface area (Å²) >= 11 is 1.38. The molecule has 0 fully saturated rings. The number of nitrogens with two attached hydrogens (primary N) is 1. The van der Waals surface area contributed by atoms with Gasteiger partial charge < -0.3 is 10.6 Å². The van der Waals surface area contributed by atoms with E-state index >= 15 is 0 Å². The van der Waals surface area contributed by atoms with Gasteiger partial charge in [0, 0.05) is 12.1 Å². The number of aromatic nitrogens is 2. The largest absolute Gasteiger partial charge is 0.330 e. The lowest BCUT2D eigenvalue weighted by molar-refractivity contribution is 0.0656. The second-order valence-corrected chi connectivity index (χ2v) is 9.15. The number of rotatable bonds is 9. The van der Waals surface area contributed by atoms with Crippen LogP contribution < -0.4 is 11.3 Å². The van der Waals surface area contributed by atoms with Crippen LogP contribution in [0.4, 0.5) is 0 Å². The Morgan fingerprint density at radius 2 is 1.91 bits per heavy atom. The topological polar surface area (TPSA) is 105 Å². The molecule has 0 spiro atoms. The van der Waals surface area contributed by atoms with Crippen molar-refractivity contribution in [3.63, 3.8) is 0 Å². The number of amides is 1. The monoisotopic (exact) mass is 485 g/mol. The van der Waals surface area contributed by atoms with Gasteiger partial charge in [0.1, 0.15) is 10.5 Å². The van der Waals surface area contributed by atoms with Crippen molar-refractivity contribution >= 4 is 27.5 Å². The predicted molar refractivity (Wildman–Crippen MR) is 138 cm³/mol. The average Bonchev–Trinajstić information content (AvgIpc) is 3.37. The molecule has 1 atom stereocenters. The Labute approximate surface area is 208 Å². The Morgan fingerprint density at radius 3 is 2.57 bits per heavy atom. The van der Waals surface area contributed by atoms with Crippen molar-refractivity contribution in [2.24, 2.45) is 5.73 Å². The average molecular weight is 486 g/mol. The van der Waals surface area contributed by atoms with Gasteiger partial charge in [-0.2, -0.15) is 5.26 Å². The zero-order chi connectivity index (χ0) is 24.8. The fraction of sp³-hybridized carbons (Fsp3) is 0.259. The molecule has 1 unspecified atom stereocenters. The standard InChI is InChI=1S/C27H27N5O2S/c1-2-23(31(15-6-14-28)26(33)21-11-9-19(17-29)10-12-21)25-30-22-13-16-35-24(22)27(34)32(25)18-20-7-4-3-5-8-20/h3-5,7-13,16,23H,2,6,14-15,18,28H2,1H3. The number of hydrogen-bond donors (Lipinski definition) is 1. The molecule has 4 rings (SSSR count). The zero-order valence-corrected chi connectivity index (χ0v) is 20.4. The number of benzene rings is 2. The number of carbonyl (C=O) groups is 1. The van der Waals surface area contributed by atoms with Gasteiger partial charge >= 0.3 is 0 Å². The molecule has 1 amide bonds. The van der Waals surface area contributed by atoms with E-state index in [1.165, 1.54) is 11.3 Å². The lowest BCUT2D eigenvalue weighted by atomic mass is 10.1. The first-order valence-corrected chi connectivity index (χ1v) is 12.5. The van der Waals surface area contributed by atoms with Crippen LogP contribution in [-0.4, -0.2) is 33.4 Å². The zero-order valence-electron chi connectivity index (χ0n) is 19.6. The molecule has 0 radical (unpaired) electrons. The van der Waals surface area contributed by atoms with E-state index in [0.29, 0.717) is 59.6 Å². The molecule has 35 heavy (non-hydrogen) atoms. The minimum absolute atomic E-state index is 0.105. The molecule has 2 N–H and O–H groups in total. The Hall–Kier alpha value is -3.80. The second-order valence-electron chi connectivity index (χ2n) is 8.24. The van der Waals surface area contributed by atoms with Gasteiger partial charge in [0.2, 0.25) is 0 Å². The molecule has 0 saturated heterocycles. The molecule has 2 heterocycles. The highest BCUT2D eigenvalue weighted by Gasteiger charge is 2.29. The normalized spacial score (nSPS) is 11.8. The Kier molecular flexibility index (Phi) is 7.70. The molecule has 0 bridgehead atoms. The van der Waals surface area contributed by atoms with Gasteiger partial charge in [-0.05, 0) is 60.7 Å². The van der Waals surface area contributed by atoms with Crippen LogP contribution in [0.5, 0.6) is 0 Å². The molecular formula is C27H27N5O2S. The van der Waals surface area contributed by atoms with E-state index in [2.05, 4.69) is 6.07 Å². The van der Waals surface area contributed by atoms with Crippen molar-refractivity contribution in [3.05, 3.63) is 98.9 Å². The quantitative estimate of drug-likeness (QED) is 0.380. The summed E-state index contributed by atoms with van der Waals surface area (Å²) in [7, 11) is 0. The Bertz CT molecular complexity index is 1400. The fourth-order valence-corrected chi connectivity index (χ4v) is 4.97. The van der Waals surface area contributed by atoms with Crippen LogP contribution >= 0.6 is 11.3 Å². The van der Waals surface area contributed by atoms with Gasteiger partial charge in [0.05, 0.1) is 29.7 Å². The summed E-state index contributed by atoms with van der Waals surface area (Å²) in [5.74, 6) is 0.381. The summed E-state index contributed by atoms with van der Waals surface area (Å²) in [5.41, 5.74) is 8.29. The van der Waals surface area contributed by atoms with Crippen LogP contribution in [0.15, 0.2) is 70.8 Å². The van der Waals surface area contributed by atoms with Crippen LogP contribution in [0.25, 0.3) is 10.2 Å². The molecule has 7 nitrogen and oxygen atoms in total. The van der Waals surface area contributed by atoms with Crippen molar-refractivity contribution in [2.75, 3.05) is 13.1 Å². The van der Waals surface area contributed by atoms with E-state index in [0.717, 1.165) is 5.56 Å². The number of thiophene rings is 1. The van der Waals surface area contributed by atoms with E-state index < -0.39 is 6.04 Å². The first kappa shape index (κ1) is 24.3. The molecule has 0 aliphatic heterocycles. The maximum Gasteiger partial charge on any atom is 0.271 e. The van der Waals surface area contributed by atoms with Crippen LogP contribution in [0.1, 0.15) is 53.1 Å². The second kappa shape index (κ2) is 11.1. The first-order valence-electron chi connectivity index (χ1n) is 11.6. The van der Waals surface area contributed by atoms with Gasteiger partial charge in [0.15, 0.2) is 0 Å². The number of nitriles is 1. The lowest BCUT2D eigenvalue weighted by Crippen LogP contribution is -2.40. The first-order chi connectivity index (χ1) is 17.1. The summed E-state index contributed by atoms with van der Waals surface area (Å²) in [6, 6.07) is 19.9. The van der Waals surface area contributed by atoms with Crippen molar-refractivity contribution in [3.8, 4) is 6.07 Å². The SMILES string of the molecule is CCC(c1nc2ccsc2c(=O)n1Cc1ccccc1)N(CCCN)C(=O)c1ccc(C#N)cc1. The molecule has 8 heteroatoms. The maximum atomic E-state index is 13.7. The minimum atomic E-state index is -0.426. The number of carbonyl (C=O) groups excluding carboxylic acids is 1. The van der Waals surface area contributed by atoms with E-state index in [4.69, 9.17) is 16.0 Å². The Balaban J connectivity index is 1.83. The molecule has 2 aromatic carbocycles. The van der Waals surface area contributed by atoms with E-state index in [9.17, 15) is 9.59 Å². The summed E-state index contributed by atoms with van der Waals surface area (Å²) < 4.78 is 2.30. The maximum absolute atomic E-state index is 13.7. The Morgan fingerprint density at radius 1 is 1.17 bits per heavy atom. The molecule has 0 aliphatic carbocycles. The van der Waals surface area contributed by atoms with Crippen molar-refractivity contribution < 1.29 is 4.79 Å². The molecule has 0 saturated carbocycles. The van der Waals surface area contributed by atoms with E-state index in [1.807, 2.05) is 48.7 Å². The summed E-state index contributed by atoms with van der Waals surface area (Å²) in [5, 5.41) is 11.0. The molecule has 178 valence electrons.